The average Bonchev–Trinajstić information content (AvgIpc) is 2.18. The van der Waals surface area contributed by atoms with Gasteiger partial charge in [0.05, 0.1) is 5.56 Å². The van der Waals surface area contributed by atoms with Crippen LogP contribution in [-0.4, -0.2) is 23.5 Å². The Morgan fingerprint density at radius 3 is 2.86 bits per heavy atom. The highest BCUT2D eigenvalue weighted by molar-refractivity contribution is 5.94. The van der Waals surface area contributed by atoms with Gasteiger partial charge in [-0.1, -0.05) is 0 Å². The van der Waals surface area contributed by atoms with Crippen LogP contribution in [0.3, 0.4) is 0 Å². The Morgan fingerprint density at radius 2 is 2.36 bits per heavy atom. The molecule has 3 N–H and O–H groups in total. The molecule has 4 heteroatoms. The van der Waals surface area contributed by atoms with Crippen LogP contribution in [0.5, 0.6) is 0 Å². The van der Waals surface area contributed by atoms with E-state index in [2.05, 4.69) is 10.3 Å². The Hall–Kier alpha value is -1.42. The van der Waals surface area contributed by atoms with Crippen LogP contribution in [0.2, 0.25) is 0 Å². The number of rotatable bonds is 3. The van der Waals surface area contributed by atoms with E-state index in [1.54, 1.807) is 12.3 Å². The molecule has 1 heterocycles. The van der Waals surface area contributed by atoms with Crippen molar-refractivity contribution in [2.24, 2.45) is 5.73 Å². The highest BCUT2D eigenvalue weighted by Crippen LogP contribution is 1.99. The molecule has 0 radical (unpaired) electrons. The molecule has 1 rings (SSSR count). The topological polar surface area (TPSA) is 68.0 Å². The van der Waals surface area contributed by atoms with E-state index in [0.29, 0.717) is 12.1 Å². The summed E-state index contributed by atoms with van der Waals surface area (Å²) in [6.45, 7) is 4.18. The van der Waals surface area contributed by atoms with Gasteiger partial charge < -0.3 is 11.1 Å². The maximum Gasteiger partial charge on any atom is 0.253 e. The Morgan fingerprint density at radius 1 is 1.64 bits per heavy atom. The number of amides is 1. The van der Waals surface area contributed by atoms with Crippen molar-refractivity contribution in [3.8, 4) is 0 Å². The van der Waals surface area contributed by atoms with Crippen molar-refractivity contribution in [1.29, 1.82) is 0 Å². The number of nitrogens with one attached hydrogen (secondary N) is 1. The predicted molar refractivity (Wildman–Crippen MR) is 55.0 cm³/mol. The molecule has 0 spiro atoms. The van der Waals surface area contributed by atoms with Gasteiger partial charge in [0.15, 0.2) is 0 Å². The van der Waals surface area contributed by atoms with Gasteiger partial charge in [-0.2, -0.15) is 0 Å². The molecule has 0 saturated heterocycles. The fourth-order valence-corrected chi connectivity index (χ4v) is 0.968. The van der Waals surface area contributed by atoms with Gasteiger partial charge in [0.2, 0.25) is 0 Å². The third-order valence-electron chi connectivity index (χ3n) is 1.90. The molecule has 1 aromatic rings. The highest BCUT2D eigenvalue weighted by atomic mass is 16.1. The molecule has 76 valence electrons. The quantitative estimate of drug-likeness (QED) is 0.733. The lowest BCUT2D eigenvalue weighted by Gasteiger charge is -2.10. The maximum atomic E-state index is 11.5. The van der Waals surface area contributed by atoms with Crippen molar-refractivity contribution in [1.82, 2.24) is 10.3 Å². The third-order valence-corrected chi connectivity index (χ3v) is 1.90. The molecule has 14 heavy (non-hydrogen) atoms. The molecule has 1 aromatic heterocycles. The fourth-order valence-electron chi connectivity index (χ4n) is 0.968. The van der Waals surface area contributed by atoms with Gasteiger partial charge in [-0.05, 0) is 26.0 Å². The zero-order valence-electron chi connectivity index (χ0n) is 8.45. The number of nitrogens with zero attached hydrogens (tertiary/aromatic N) is 1. The molecule has 0 aromatic carbocycles. The van der Waals surface area contributed by atoms with Crippen molar-refractivity contribution >= 4 is 5.91 Å². The lowest BCUT2D eigenvalue weighted by atomic mass is 10.2. The van der Waals surface area contributed by atoms with Gasteiger partial charge in [0, 0.05) is 24.5 Å². The summed E-state index contributed by atoms with van der Waals surface area (Å²) in [4.78, 5) is 15.6. The van der Waals surface area contributed by atoms with E-state index >= 15 is 0 Å². The second-order valence-corrected chi connectivity index (χ2v) is 3.30. The monoisotopic (exact) mass is 193 g/mol. The average molecular weight is 193 g/mol. The number of aryl methyl sites for hydroxylation is 1. The minimum atomic E-state index is -0.129. The lowest BCUT2D eigenvalue weighted by molar-refractivity contribution is 0.0941. The van der Waals surface area contributed by atoms with E-state index in [9.17, 15) is 4.79 Å². The van der Waals surface area contributed by atoms with Crippen LogP contribution < -0.4 is 11.1 Å². The Balaban J connectivity index is 2.65. The number of nitrogens with two attached hydrogens (primary N) is 1. The van der Waals surface area contributed by atoms with E-state index in [4.69, 9.17) is 5.73 Å². The second kappa shape index (κ2) is 4.72. The van der Waals surface area contributed by atoms with Crippen molar-refractivity contribution in [3.63, 3.8) is 0 Å². The van der Waals surface area contributed by atoms with E-state index in [1.165, 1.54) is 0 Å². The number of hydrogen-bond acceptors (Lipinski definition) is 3. The third kappa shape index (κ3) is 2.81. The zero-order chi connectivity index (χ0) is 10.6. The van der Waals surface area contributed by atoms with Crippen LogP contribution >= 0.6 is 0 Å². The maximum absolute atomic E-state index is 11.5. The molecule has 0 unspecified atom stereocenters. The number of hydrogen-bond donors (Lipinski definition) is 2. The molecular weight excluding hydrogens is 178 g/mol. The molecule has 0 bridgehead atoms. The van der Waals surface area contributed by atoms with Crippen LogP contribution in [0.25, 0.3) is 0 Å². The summed E-state index contributed by atoms with van der Waals surface area (Å²) in [7, 11) is 0. The minimum absolute atomic E-state index is 0.0104. The van der Waals surface area contributed by atoms with Crippen LogP contribution in [0, 0.1) is 6.92 Å². The molecular formula is C10H15N3O. The molecule has 0 saturated carbocycles. The van der Waals surface area contributed by atoms with Gasteiger partial charge in [-0.15, -0.1) is 0 Å². The molecule has 0 aliphatic carbocycles. The van der Waals surface area contributed by atoms with Crippen molar-refractivity contribution in [2.45, 2.75) is 19.9 Å². The minimum Gasteiger partial charge on any atom is -0.348 e. The van der Waals surface area contributed by atoms with Crippen molar-refractivity contribution in [3.05, 3.63) is 29.6 Å². The first-order valence-corrected chi connectivity index (χ1v) is 4.57. The van der Waals surface area contributed by atoms with Gasteiger partial charge in [0.1, 0.15) is 0 Å². The van der Waals surface area contributed by atoms with E-state index < -0.39 is 0 Å². The number of carbonyl (C=O) groups excluding carboxylic acids is 1. The summed E-state index contributed by atoms with van der Waals surface area (Å²) in [5.41, 5.74) is 6.85. The van der Waals surface area contributed by atoms with E-state index in [1.807, 2.05) is 19.9 Å². The van der Waals surface area contributed by atoms with Crippen LogP contribution in [-0.2, 0) is 0 Å². The van der Waals surface area contributed by atoms with Gasteiger partial charge in [-0.3, -0.25) is 9.78 Å². The largest absolute Gasteiger partial charge is 0.348 e. The van der Waals surface area contributed by atoms with Crippen LogP contribution in [0.15, 0.2) is 18.3 Å². The van der Waals surface area contributed by atoms with Gasteiger partial charge in [0.25, 0.3) is 5.91 Å². The second-order valence-electron chi connectivity index (χ2n) is 3.30. The smallest absolute Gasteiger partial charge is 0.253 e. The summed E-state index contributed by atoms with van der Waals surface area (Å²) in [5, 5.41) is 2.76. The fraction of sp³-hybridized carbons (Fsp3) is 0.400. The van der Waals surface area contributed by atoms with Crippen molar-refractivity contribution in [2.75, 3.05) is 6.54 Å². The summed E-state index contributed by atoms with van der Waals surface area (Å²) < 4.78 is 0. The zero-order valence-corrected chi connectivity index (χ0v) is 8.45. The number of aromatic nitrogens is 1. The predicted octanol–water partition coefficient (Wildman–Crippen LogP) is 0.467. The number of pyridine rings is 1. The standard InChI is InChI=1S/C10H15N3O/c1-7-3-4-9(6-12-7)10(14)13-8(2)5-11/h3-4,6,8H,5,11H2,1-2H3,(H,13,14)/t8-/m1/s1. The van der Waals surface area contributed by atoms with Crippen molar-refractivity contribution < 1.29 is 4.79 Å². The van der Waals surface area contributed by atoms with Crippen LogP contribution in [0.1, 0.15) is 23.0 Å². The first kappa shape index (κ1) is 10.7. The molecule has 0 aliphatic heterocycles. The van der Waals surface area contributed by atoms with E-state index in [0.717, 1.165) is 5.69 Å². The van der Waals surface area contributed by atoms with E-state index in [-0.39, 0.29) is 11.9 Å². The molecule has 0 aliphatic rings. The Bertz CT molecular complexity index is 308. The first-order valence-electron chi connectivity index (χ1n) is 4.57. The molecule has 4 nitrogen and oxygen atoms in total. The summed E-state index contributed by atoms with van der Waals surface area (Å²) in [5.74, 6) is -0.129. The number of carbonyl (C=O) groups is 1. The lowest BCUT2D eigenvalue weighted by Crippen LogP contribution is -2.37. The van der Waals surface area contributed by atoms with Crippen LogP contribution in [0.4, 0.5) is 0 Å². The Kier molecular flexibility index (Phi) is 3.59. The van der Waals surface area contributed by atoms with Gasteiger partial charge >= 0.3 is 0 Å². The Labute approximate surface area is 83.5 Å². The summed E-state index contributed by atoms with van der Waals surface area (Å²) >= 11 is 0. The highest BCUT2D eigenvalue weighted by Gasteiger charge is 2.07. The molecule has 0 fully saturated rings. The summed E-state index contributed by atoms with van der Waals surface area (Å²) in [6.07, 6.45) is 1.56. The van der Waals surface area contributed by atoms with Gasteiger partial charge in [-0.25, -0.2) is 0 Å². The summed E-state index contributed by atoms with van der Waals surface area (Å²) in [6, 6.07) is 3.55. The first-order chi connectivity index (χ1) is 6.63. The normalized spacial score (nSPS) is 12.2. The SMILES string of the molecule is Cc1ccc(C(=O)N[C@H](C)CN)cn1. The molecule has 1 amide bonds. The molecule has 1 atom stereocenters.